The Morgan fingerprint density at radius 2 is 2.37 bits per heavy atom. The maximum Gasteiger partial charge on any atom is 0.163 e. The van der Waals surface area contributed by atoms with Gasteiger partial charge >= 0.3 is 0 Å². The molecule has 1 saturated heterocycles. The molecule has 0 bridgehead atoms. The minimum atomic E-state index is 0.0698. The number of rotatable bonds is 3. The molecule has 0 radical (unpaired) electrons. The van der Waals surface area contributed by atoms with Crippen LogP contribution in [0, 0.1) is 5.92 Å². The monoisotopic (exact) mass is 262 g/mol. The second-order valence-corrected chi connectivity index (χ2v) is 5.57. The van der Waals surface area contributed by atoms with E-state index in [1.54, 1.807) is 6.33 Å². The molecule has 5 heteroatoms. The molecule has 0 saturated carbocycles. The number of hydrogen-bond donors (Lipinski definition) is 0. The van der Waals surface area contributed by atoms with Gasteiger partial charge in [0.1, 0.15) is 12.4 Å². The molecule has 3 rings (SSSR count). The van der Waals surface area contributed by atoms with Crippen LogP contribution in [0.2, 0.25) is 0 Å². The van der Waals surface area contributed by atoms with Crippen LogP contribution in [0.5, 0.6) is 0 Å². The summed E-state index contributed by atoms with van der Waals surface area (Å²) < 4.78 is 7.80. The van der Waals surface area contributed by atoms with Crippen LogP contribution in [0.15, 0.2) is 18.5 Å². The quantitative estimate of drug-likeness (QED) is 0.775. The molecule has 104 valence electrons. The molecule has 2 heterocycles. The van der Waals surface area contributed by atoms with E-state index < -0.39 is 0 Å². The summed E-state index contributed by atoms with van der Waals surface area (Å²) in [5, 5.41) is 8.11. The number of hydrogen-bond acceptors (Lipinski definition) is 4. The van der Waals surface area contributed by atoms with E-state index in [0.717, 1.165) is 31.4 Å². The molecular weight excluding hydrogens is 240 g/mol. The lowest BCUT2D eigenvalue weighted by Gasteiger charge is -2.34. The van der Waals surface area contributed by atoms with Crippen LogP contribution in [-0.2, 0) is 11.8 Å². The van der Waals surface area contributed by atoms with Gasteiger partial charge in [-0.1, -0.05) is 12.2 Å². The fourth-order valence-corrected chi connectivity index (χ4v) is 3.00. The van der Waals surface area contributed by atoms with Crippen molar-refractivity contribution in [2.75, 3.05) is 26.2 Å². The summed E-state index contributed by atoms with van der Waals surface area (Å²) in [6.45, 7) is 3.95. The maximum atomic E-state index is 5.84. The van der Waals surface area contributed by atoms with Crippen molar-refractivity contribution in [2.24, 2.45) is 13.0 Å². The standard InChI is InChI=1S/C14H22N4O/c1-17-11-15-16-14(17)13-10-18(7-8-19-13)9-12-5-3-2-4-6-12/h2-3,11-13H,4-10H2,1H3/t12-,13+/m1/s1. The Labute approximate surface area is 114 Å². The van der Waals surface area contributed by atoms with Gasteiger partial charge in [-0.2, -0.15) is 0 Å². The number of nitrogens with zero attached hydrogens (tertiary/aromatic N) is 4. The Morgan fingerprint density at radius 3 is 3.11 bits per heavy atom. The Hall–Kier alpha value is -1.20. The minimum absolute atomic E-state index is 0.0698. The van der Waals surface area contributed by atoms with Crippen molar-refractivity contribution in [3.05, 3.63) is 24.3 Å². The summed E-state index contributed by atoms with van der Waals surface area (Å²) in [6, 6.07) is 0. The van der Waals surface area contributed by atoms with E-state index >= 15 is 0 Å². The van der Waals surface area contributed by atoms with Crippen LogP contribution >= 0.6 is 0 Å². The second-order valence-electron chi connectivity index (χ2n) is 5.57. The molecule has 0 spiro atoms. The first-order valence-corrected chi connectivity index (χ1v) is 7.16. The topological polar surface area (TPSA) is 43.2 Å². The molecule has 1 fully saturated rings. The van der Waals surface area contributed by atoms with E-state index in [1.165, 1.54) is 25.8 Å². The van der Waals surface area contributed by atoms with Crippen molar-refractivity contribution in [3.63, 3.8) is 0 Å². The third-order valence-corrected chi connectivity index (χ3v) is 4.08. The molecule has 1 aliphatic heterocycles. The summed E-state index contributed by atoms with van der Waals surface area (Å²) in [7, 11) is 1.98. The van der Waals surface area contributed by atoms with Crippen molar-refractivity contribution in [2.45, 2.75) is 25.4 Å². The summed E-state index contributed by atoms with van der Waals surface area (Å²) in [4.78, 5) is 2.52. The minimum Gasteiger partial charge on any atom is -0.368 e. The Kier molecular flexibility index (Phi) is 3.94. The molecule has 5 nitrogen and oxygen atoms in total. The fraction of sp³-hybridized carbons (Fsp3) is 0.714. The average molecular weight is 262 g/mol. The lowest BCUT2D eigenvalue weighted by Crippen LogP contribution is -2.41. The number of morpholine rings is 1. The largest absolute Gasteiger partial charge is 0.368 e. The van der Waals surface area contributed by atoms with Crippen molar-refractivity contribution in [3.8, 4) is 0 Å². The third kappa shape index (κ3) is 3.04. The van der Waals surface area contributed by atoms with E-state index in [1.807, 2.05) is 11.6 Å². The van der Waals surface area contributed by atoms with Gasteiger partial charge in [0.15, 0.2) is 5.82 Å². The second kappa shape index (κ2) is 5.84. The van der Waals surface area contributed by atoms with Gasteiger partial charge in [-0.25, -0.2) is 0 Å². The maximum absolute atomic E-state index is 5.84. The Morgan fingerprint density at radius 1 is 1.42 bits per heavy atom. The molecule has 0 N–H and O–H groups in total. The van der Waals surface area contributed by atoms with Crippen LogP contribution in [0.25, 0.3) is 0 Å². The van der Waals surface area contributed by atoms with E-state index in [2.05, 4.69) is 27.2 Å². The third-order valence-electron chi connectivity index (χ3n) is 4.08. The molecule has 0 unspecified atom stereocenters. The highest BCUT2D eigenvalue weighted by atomic mass is 16.5. The van der Waals surface area contributed by atoms with Crippen molar-refractivity contribution in [1.82, 2.24) is 19.7 Å². The van der Waals surface area contributed by atoms with Crippen molar-refractivity contribution < 1.29 is 4.74 Å². The molecule has 0 amide bonds. The molecular formula is C14H22N4O. The van der Waals surface area contributed by atoms with Gasteiger partial charge in [-0.3, -0.25) is 4.90 Å². The van der Waals surface area contributed by atoms with Gasteiger partial charge in [-0.15, -0.1) is 10.2 Å². The first-order valence-electron chi connectivity index (χ1n) is 7.16. The highest BCUT2D eigenvalue weighted by molar-refractivity contribution is 4.95. The number of aromatic nitrogens is 3. The smallest absolute Gasteiger partial charge is 0.163 e. The summed E-state index contributed by atoms with van der Waals surface area (Å²) in [5.74, 6) is 1.75. The average Bonchev–Trinajstić information content (AvgIpc) is 2.86. The Bertz CT molecular complexity index is 442. The number of allylic oxidation sites excluding steroid dienone is 2. The van der Waals surface area contributed by atoms with E-state index in [-0.39, 0.29) is 6.10 Å². The van der Waals surface area contributed by atoms with Crippen molar-refractivity contribution in [1.29, 1.82) is 0 Å². The SMILES string of the molecule is Cn1cnnc1[C@@H]1CN(C[C@@H]2CC=CCC2)CCO1. The molecule has 1 aliphatic carbocycles. The normalized spacial score (nSPS) is 28.7. The van der Waals surface area contributed by atoms with Crippen LogP contribution in [-0.4, -0.2) is 45.9 Å². The zero-order valence-electron chi connectivity index (χ0n) is 11.5. The first-order chi connectivity index (χ1) is 9.33. The van der Waals surface area contributed by atoms with E-state index in [4.69, 9.17) is 4.74 Å². The lowest BCUT2D eigenvalue weighted by molar-refractivity contribution is -0.0403. The summed E-state index contributed by atoms with van der Waals surface area (Å²) >= 11 is 0. The van der Waals surface area contributed by atoms with Crippen LogP contribution in [0.4, 0.5) is 0 Å². The zero-order chi connectivity index (χ0) is 13.1. The van der Waals surface area contributed by atoms with Gasteiger partial charge in [-0.05, 0) is 25.2 Å². The fourth-order valence-electron chi connectivity index (χ4n) is 3.00. The highest BCUT2D eigenvalue weighted by Crippen LogP contribution is 2.24. The molecule has 2 atom stereocenters. The predicted octanol–water partition coefficient (Wildman–Crippen LogP) is 1.54. The van der Waals surface area contributed by atoms with Gasteiger partial charge in [0.05, 0.1) is 6.61 Å². The predicted molar refractivity (Wildman–Crippen MR) is 72.6 cm³/mol. The summed E-state index contributed by atoms with van der Waals surface area (Å²) in [6.07, 6.45) is 10.2. The molecule has 0 aromatic carbocycles. The zero-order valence-corrected chi connectivity index (χ0v) is 11.5. The van der Waals surface area contributed by atoms with Crippen molar-refractivity contribution >= 4 is 0 Å². The molecule has 1 aromatic rings. The van der Waals surface area contributed by atoms with Gasteiger partial charge in [0, 0.05) is 26.7 Å². The Balaban J connectivity index is 1.59. The van der Waals surface area contributed by atoms with Crippen LogP contribution in [0.1, 0.15) is 31.2 Å². The molecule has 19 heavy (non-hydrogen) atoms. The van der Waals surface area contributed by atoms with E-state index in [9.17, 15) is 0 Å². The number of aryl methyl sites for hydroxylation is 1. The van der Waals surface area contributed by atoms with Gasteiger partial charge in [0.25, 0.3) is 0 Å². The highest BCUT2D eigenvalue weighted by Gasteiger charge is 2.26. The van der Waals surface area contributed by atoms with Crippen LogP contribution in [0.3, 0.4) is 0 Å². The summed E-state index contributed by atoms with van der Waals surface area (Å²) in [5.41, 5.74) is 0. The lowest BCUT2D eigenvalue weighted by atomic mass is 9.93. The van der Waals surface area contributed by atoms with E-state index in [0.29, 0.717) is 0 Å². The molecule has 1 aromatic heterocycles. The first kappa shape index (κ1) is 12.8. The molecule has 2 aliphatic rings. The van der Waals surface area contributed by atoms with Crippen LogP contribution < -0.4 is 0 Å². The van der Waals surface area contributed by atoms with Gasteiger partial charge < -0.3 is 9.30 Å². The van der Waals surface area contributed by atoms with Gasteiger partial charge in [0.2, 0.25) is 0 Å². The number of ether oxygens (including phenoxy) is 1.